The number of hydrogen-bond acceptors (Lipinski definition) is 4. The van der Waals surface area contributed by atoms with E-state index in [1.807, 2.05) is 0 Å². The molecule has 0 aliphatic heterocycles. The highest BCUT2D eigenvalue weighted by Gasteiger charge is 2.25. The molecule has 2 rings (SSSR count). The largest absolute Gasteiger partial charge is 0.479 e. The molecule has 1 aromatic rings. The number of carboxylic acid groups (broad SMARTS) is 1. The Hall–Kier alpha value is -1.85. The standard InChI is InChI=1S/C10H11FN2O3/c1-16-9-7(11)4-6(10(14)15)8(13-9)12-5-2-3-5/h4-5H,2-3H2,1H3,(H,12,13)(H,14,15). The van der Waals surface area contributed by atoms with E-state index >= 15 is 0 Å². The predicted octanol–water partition coefficient (Wildman–Crippen LogP) is 1.50. The lowest BCUT2D eigenvalue weighted by molar-refractivity contribution is 0.0697. The second-order valence-electron chi connectivity index (χ2n) is 3.60. The average Bonchev–Trinajstić information content (AvgIpc) is 3.03. The van der Waals surface area contributed by atoms with Crippen LogP contribution in [0.15, 0.2) is 6.07 Å². The molecule has 0 atom stereocenters. The summed E-state index contributed by atoms with van der Waals surface area (Å²) in [4.78, 5) is 14.7. The third-order valence-electron chi connectivity index (χ3n) is 2.29. The summed E-state index contributed by atoms with van der Waals surface area (Å²) in [5.41, 5.74) is -0.176. The van der Waals surface area contributed by atoms with Crippen LogP contribution in [0, 0.1) is 5.82 Å². The Kier molecular flexibility index (Phi) is 2.64. The van der Waals surface area contributed by atoms with E-state index in [-0.39, 0.29) is 23.3 Å². The van der Waals surface area contributed by atoms with Gasteiger partial charge < -0.3 is 15.2 Å². The highest BCUT2D eigenvalue weighted by Crippen LogP contribution is 2.28. The number of halogens is 1. The maximum atomic E-state index is 13.3. The second-order valence-corrected chi connectivity index (χ2v) is 3.60. The second kappa shape index (κ2) is 3.96. The van der Waals surface area contributed by atoms with Crippen LogP contribution in [-0.4, -0.2) is 29.2 Å². The van der Waals surface area contributed by atoms with Crippen molar-refractivity contribution < 1.29 is 19.0 Å². The van der Waals surface area contributed by atoms with Crippen molar-refractivity contribution in [1.82, 2.24) is 4.98 Å². The van der Waals surface area contributed by atoms with E-state index in [1.54, 1.807) is 0 Å². The van der Waals surface area contributed by atoms with Crippen molar-refractivity contribution in [3.63, 3.8) is 0 Å². The van der Waals surface area contributed by atoms with E-state index in [0.717, 1.165) is 18.9 Å². The first-order chi connectivity index (χ1) is 7.61. The van der Waals surface area contributed by atoms with Gasteiger partial charge in [0.15, 0.2) is 5.82 Å². The molecule has 1 fully saturated rings. The molecule has 1 aromatic heterocycles. The minimum absolute atomic E-state index is 0.160. The van der Waals surface area contributed by atoms with Gasteiger partial charge in [-0.2, -0.15) is 4.98 Å². The number of anilines is 1. The maximum absolute atomic E-state index is 13.3. The highest BCUT2D eigenvalue weighted by molar-refractivity contribution is 5.93. The molecule has 1 saturated carbocycles. The summed E-state index contributed by atoms with van der Waals surface area (Å²) in [6.45, 7) is 0. The normalized spacial score (nSPS) is 14.6. The highest BCUT2D eigenvalue weighted by atomic mass is 19.1. The summed E-state index contributed by atoms with van der Waals surface area (Å²) in [5, 5.41) is 11.8. The fourth-order valence-corrected chi connectivity index (χ4v) is 1.31. The average molecular weight is 226 g/mol. The van der Waals surface area contributed by atoms with Gasteiger partial charge in [-0.3, -0.25) is 0 Å². The summed E-state index contributed by atoms with van der Waals surface area (Å²) in [7, 11) is 1.28. The minimum atomic E-state index is -1.21. The fraction of sp³-hybridized carbons (Fsp3) is 0.400. The van der Waals surface area contributed by atoms with E-state index in [4.69, 9.17) is 9.84 Å². The van der Waals surface area contributed by atoms with E-state index in [0.29, 0.717) is 0 Å². The lowest BCUT2D eigenvalue weighted by atomic mass is 10.2. The zero-order chi connectivity index (χ0) is 11.7. The van der Waals surface area contributed by atoms with Crippen LogP contribution < -0.4 is 10.1 Å². The number of aromatic nitrogens is 1. The lowest BCUT2D eigenvalue weighted by Crippen LogP contribution is -2.11. The molecule has 0 radical (unpaired) electrons. The smallest absolute Gasteiger partial charge is 0.339 e. The number of aromatic carboxylic acids is 1. The molecule has 0 amide bonds. The minimum Gasteiger partial charge on any atom is -0.479 e. The molecule has 16 heavy (non-hydrogen) atoms. The number of rotatable bonds is 4. The molecular weight excluding hydrogens is 215 g/mol. The summed E-state index contributed by atoms with van der Waals surface area (Å²) >= 11 is 0. The molecule has 0 bridgehead atoms. The van der Waals surface area contributed by atoms with Crippen LogP contribution in [0.1, 0.15) is 23.2 Å². The molecule has 0 unspecified atom stereocenters. The van der Waals surface area contributed by atoms with Crippen LogP contribution >= 0.6 is 0 Å². The van der Waals surface area contributed by atoms with Gasteiger partial charge >= 0.3 is 5.97 Å². The van der Waals surface area contributed by atoms with Gasteiger partial charge in [0.1, 0.15) is 11.4 Å². The topological polar surface area (TPSA) is 71.5 Å². The van der Waals surface area contributed by atoms with Gasteiger partial charge in [0.05, 0.1) is 7.11 Å². The molecule has 1 heterocycles. The van der Waals surface area contributed by atoms with Gasteiger partial charge in [-0.15, -0.1) is 0 Å². The molecule has 1 aliphatic carbocycles. The van der Waals surface area contributed by atoms with E-state index in [1.165, 1.54) is 7.11 Å². The predicted molar refractivity (Wildman–Crippen MR) is 54.4 cm³/mol. The Balaban J connectivity index is 2.39. The summed E-state index contributed by atoms with van der Waals surface area (Å²) < 4.78 is 18.0. The van der Waals surface area contributed by atoms with Crippen molar-refractivity contribution in [2.45, 2.75) is 18.9 Å². The van der Waals surface area contributed by atoms with Crippen molar-refractivity contribution in [3.05, 3.63) is 17.4 Å². The molecule has 0 saturated heterocycles. The van der Waals surface area contributed by atoms with Gasteiger partial charge in [0.2, 0.25) is 0 Å². The zero-order valence-electron chi connectivity index (χ0n) is 8.66. The van der Waals surface area contributed by atoms with Crippen LogP contribution in [0.4, 0.5) is 10.2 Å². The third kappa shape index (κ3) is 2.05. The number of methoxy groups -OCH3 is 1. The first-order valence-corrected chi connectivity index (χ1v) is 4.86. The fourth-order valence-electron chi connectivity index (χ4n) is 1.31. The van der Waals surface area contributed by atoms with E-state index in [2.05, 4.69) is 10.3 Å². The van der Waals surface area contributed by atoms with Crippen LogP contribution in [0.25, 0.3) is 0 Å². The zero-order valence-corrected chi connectivity index (χ0v) is 8.66. The Morgan fingerprint density at radius 1 is 1.69 bits per heavy atom. The van der Waals surface area contributed by atoms with Crippen LogP contribution in [0.5, 0.6) is 5.88 Å². The Morgan fingerprint density at radius 2 is 2.38 bits per heavy atom. The number of carbonyl (C=O) groups is 1. The van der Waals surface area contributed by atoms with Gasteiger partial charge in [0.25, 0.3) is 5.88 Å². The van der Waals surface area contributed by atoms with E-state index < -0.39 is 11.8 Å². The van der Waals surface area contributed by atoms with Gasteiger partial charge in [-0.05, 0) is 18.9 Å². The summed E-state index contributed by atoms with van der Waals surface area (Å²) in [5.74, 6) is -2.03. The molecule has 86 valence electrons. The summed E-state index contributed by atoms with van der Waals surface area (Å²) in [6, 6.07) is 1.15. The van der Waals surface area contributed by atoms with Gasteiger partial charge in [0, 0.05) is 6.04 Å². The molecule has 0 spiro atoms. The Labute approximate surface area is 91.3 Å². The van der Waals surface area contributed by atoms with Gasteiger partial charge in [-0.25, -0.2) is 9.18 Å². The van der Waals surface area contributed by atoms with Crippen molar-refractivity contribution >= 4 is 11.8 Å². The van der Waals surface area contributed by atoms with E-state index in [9.17, 15) is 9.18 Å². The van der Waals surface area contributed by atoms with Crippen molar-refractivity contribution in [3.8, 4) is 5.88 Å². The number of carboxylic acids is 1. The number of nitrogens with zero attached hydrogens (tertiary/aromatic N) is 1. The number of pyridine rings is 1. The first-order valence-electron chi connectivity index (χ1n) is 4.86. The lowest BCUT2D eigenvalue weighted by Gasteiger charge is -2.09. The molecule has 6 heteroatoms. The van der Waals surface area contributed by atoms with Crippen molar-refractivity contribution in [1.29, 1.82) is 0 Å². The Morgan fingerprint density at radius 3 is 2.88 bits per heavy atom. The first kappa shape index (κ1) is 10.7. The van der Waals surface area contributed by atoms with Crippen LogP contribution in [-0.2, 0) is 0 Å². The Bertz CT molecular complexity index is 432. The molecule has 2 N–H and O–H groups in total. The molecular formula is C10H11FN2O3. The quantitative estimate of drug-likeness (QED) is 0.814. The maximum Gasteiger partial charge on any atom is 0.339 e. The van der Waals surface area contributed by atoms with Gasteiger partial charge in [-0.1, -0.05) is 0 Å². The van der Waals surface area contributed by atoms with Crippen molar-refractivity contribution in [2.75, 3.05) is 12.4 Å². The number of hydrogen-bond donors (Lipinski definition) is 2. The summed E-state index contributed by atoms with van der Waals surface area (Å²) in [6.07, 6.45) is 1.95. The van der Waals surface area contributed by atoms with Crippen LogP contribution in [0.2, 0.25) is 0 Å². The van der Waals surface area contributed by atoms with Crippen LogP contribution in [0.3, 0.4) is 0 Å². The number of nitrogens with one attached hydrogen (secondary N) is 1. The number of ether oxygens (including phenoxy) is 1. The molecule has 5 nitrogen and oxygen atoms in total. The monoisotopic (exact) mass is 226 g/mol. The third-order valence-corrected chi connectivity index (χ3v) is 2.29. The molecule has 0 aromatic carbocycles. The van der Waals surface area contributed by atoms with Crippen molar-refractivity contribution in [2.24, 2.45) is 0 Å². The molecule has 1 aliphatic rings. The SMILES string of the molecule is COc1nc(NC2CC2)c(C(=O)O)cc1F.